The Morgan fingerprint density at radius 3 is 1.42 bits per heavy atom. The van der Waals surface area contributed by atoms with Gasteiger partial charge in [0, 0.05) is 35.1 Å². The van der Waals surface area contributed by atoms with Crippen molar-refractivity contribution in [1.82, 2.24) is 9.80 Å². The molecule has 0 aromatic heterocycles. The molecule has 136 valence electrons. The van der Waals surface area contributed by atoms with Gasteiger partial charge in [-0.3, -0.25) is 9.59 Å². The molecular formula is C18H14Br2F2N2O2. The Labute approximate surface area is 166 Å². The Morgan fingerprint density at radius 1 is 0.731 bits per heavy atom. The van der Waals surface area contributed by atoms with E-state index >= 15 is 0 Å². The Balaban J connectivity index is 1.69. The van der Waals surface area contributed by atoms with Gasteiger partial charge in [-0.1, -0.05) is 31.9 Å². The quantitative estimate of drug-likeness (QED) is 0.640. The molecule has 0 radical (unpaired) electrons. The van der Waals surface area contributed by atoms with Gasteiger partial charge in [0.05, 0.1) is 11.1 Å². The second-order valence-corrected chi connectivity index (χ2v) is 7.66. The zero-order valence-corrected chi connectivity index (χ0v) is 16.7. The molecule has 3 rings (SSSR count). The SMILES string of the molecule is O=C(c1cc(Br)ccc1F)N1CCN(C(=O)c2cc(Br)ccc2F)CC1. The van der Waals surface area contributed by atoms with E-state index < -0.39 is 23.4 Å². The average Bonchev–Trinajstić information content (AvgIpc) is 2.64. The van der Waals surface area contributed by atoms with E-state index in [1.54, 1.807) is 0 Å². The van der Waals surface area contributed by atoms with Crippen LogP contribution in [-0.4, -0.2) is 47.8 Å². The van der Waals surface area contributed by atoms with Gasteiger partial charge in [-0.05, 0) is 36.4 Å². The maximum Gasteiger partial charge on any atom is 0.256 e. The summed E-state index contributed by atoms with van der Waals surface area (Å²) >= 11 is 6.45. The molecule has 8 heteroatoms. The number of benzene rings is 2. The molecule has 0 bridgehead atoms. The van der Waals surface area contributed by atoms with Crippen molar-refractivity contribution in [3.63, 3.8) is 0 Å². The zero-order valence-electron chi connectivity index (χ0n) is 13.5. The third kappa shape index (κ3) is 3.96. The molecule has 0 saturated carbocycles. The molecule has 0 spiro atoms. The number of piperazine rings is 1. The van der Waals surface area contributed by atoms with Crippen LogP contribution in [0.2, 0.25) is 0 Å². The summed E-state index contributed by atoms with van der Waals surface area (Å²) in [6.45, 7) is 1.02. The van der Waals surface area contributed by atoms with Crippen molar-refractivity contribution in [2.75, 3.05) is 26.2 Å². The number of halogens is 4. The van der Waals surface area contributed by atoms with E-state index in [9.17, 15) is 18.4 Å². The van der Waals surface area contributed by atoms with E-state index in [2.05, 4.69) is 31.9 Å². The molecule has 1 aliphatic rings. The fourth-order valence-corrected chi connectivity index (χ4v) is 3.50. The number of hydrogen-bond acceptors (Lipinski definition) is 2. The Morgan fingerprint density at radius 2 is 1.08 bits per heavy atom. The molecule has 0 unspecified atom stereocenters. The average molecular weight is 488 g/mol. The van der Waals surface area contributed by atoms with Crippen LogP contribution in [0.4, 0.5) is 8.78 Å². The first kappa shape index (κ1) is 19.0. The van der Waals surface area contributed by atoms with Gasteiger partial charge in [0.15, 0.2) is 0 Å². The molecule has 0 N–H and O–H groups in total. The van der Waals surface area contributed by atoms with Gasteiger partial charge in [-0.15, -0.1) is 0 Å². The predicted octanol–water partition coefficient (Wildman–Crippen LogP) is 4.09. The normalized spacial score (nSPS) is 14.5. The Hall–Kier alpha value is -1.80. The molecule has 1 aliphatic heterocycles. The van der Waals surface area contributed by atoms with Gasteiger partial charge in [0.25, 0.3) is 11.8 Å². The van der Waals surface area contributed by atoms with E-state index in [1.807, 2.05) is 0 Å². The van der Waals surface area contributed by atoms with Crippen molar-refractivity contribution >= 4 is 43.7 Å². The minimum atomic E-state index is -0.590. The van der Waals surface area contributed by atoms with E-state index in [4.69, 9.17) is 0 Å². The Kier molecular flexibility index (Phi) is 5.72. The number of carbonyl (C=O) groups excluding carboxylic acids is 2. The minimum Gasteiger partial charge on any atom is -0.335 e. The number of nitrogens with zero attached hydrogens (tertiary/aromatic N) is 2. The van der Waals surface area contributed by atoms with E-state index in [1.165, 1.54) is 46.2 Å². The fraction of sp³-hybridized carbons (Fsp3) is 0.222. The highest BCUT2D eigenvalue weighted by Crippen LogP contribution is 2.20. The van der Waals surface area contributed by atoms with Crippen molar-refractivity contribution in [3.8, 4) is 0 Å². The van der Waals surface area contributed by atoms with E-state index in [0.29, 0.717) is 8.95 Å². The maximum absolute atomic E-state index is 13.9. The number of hydrogen-bond donors (Lipinski definition) is 0. The first-order valence-corrected chi connectivity index (χ1v) is 9.44. The summed E-state index contributed by atoms with van der Waals surface area (Å²) < 4.78 is 29.0. The van der Waals surface area contributed by atoms with Crippen LogP contribution in [-0.2, 0) is 0 Å². The summed E-state index contributed by atoms with van der Waals surface area (Å²) in [5.41, 5.74) is -0.0330. The number of rotatable bonds is 2. The third-order valence-electron chi connectivity index (χ3n) is 4.17. The monoisotopic (exact) mass is 486 g/mol. The van der Waals surface area contributed by atoms with Gasteiger partial charge in [0.1, 0.15) is 11.6 Å². The van der Waals surface area contributed by atoms with Gasteiger partial charge in [-0.2, -0.15) is 0 Å². The molecule has 1 fully saturated rings. The lowest BCUT2D eigenvalue weighted by atomic mass is 10.1. The molecule has 1 heterocycles. The van der Waals surface area contributed by atoms with Crippen LogP contribution in [0.3, 0.4) is 0 Å². The highest BCUT2D eigenvalue weighted by molar-refractivity contribution is 9.10. The van der Waals surface area contributed by atoms with Crippen molar-refractivity contribution in [3.05, 3.63) is 68.1 Å². The van der Waals surface area contributed by atoms with Crippen molar-refractivity contribution in [2.24, 2.45) is 0 Å². The van der Waals surface area contributed by atoms with Crippen LogP contribution in [0.5, 0.6) is 0 Å². The van der Waals surface area contributed by atoms with Crippen LogP contribution in [0.15, 0.2) is 45.3 Å². The second kappa shape index (κ2) is 7.84. The second-order valence-electron chi connectivity index (χ2n) is 5.83. The molecule has 2 aromatic carbocycles. The van der Waals surface area contributed by atoms with Gasteiger partial charge in [0.2, 0.25) is 0 Å². The summed E-state index contributed by atoms with van der Waals surface area (Å²) in [6, 6.07) is 8.38. The summed E-state index contributed by atoms with van der Waals surface area (Å²) in [6.07, 6.45) is 0. The summed E-state index contributed by atoms with van der Waals surface area (Å²) in [4.78, 5) is 28.0. The van der Waals surface area contributed by atoms with Crippen LogP contribution >= 0.6 is 31.9 Å². The van der Waals surface area contributed by atoms with E-state index in [0.717, 1.165) is 0 Å². The maximum atomic E-state index is 13.9. The summed E-state index contributed by atoms with van der Waals surface area (Å²) in [5, 5.41) is 0. The third-order valence-corrected chi connectivity index (χ3v) is 5.16. The molecule has 2 aromatic rings. The smallest absolute Gasteiger partial charge is 0.256 e. The standard InChI is InChI=1S/C18H14Br2F2N2O2/c19-11-1-3-15(21)13(9-11)17(25)23-5-7-24(8-6-23)18(26)14-10-12(20)2-4-16(14)22/h1-4,9-10H,5-8H2. The van der Waals surface area contributed by atoms with Crippen LogP contribution < -0.4 is 0 Å². The molecule has 4 nitrogen and oxygen atoms in total. The summed E-state index contributed by atoms with van der Waals surface area (Å²) in [7, 11) is 0. The fourth-order valence-electron chi connectivity index (χ4n) is 2.78. The van der Waals surface area contributed by atoms with Gasteiger partial charge < -0.3 is 9.80 Å². The Bertz CT molecular complexity index is 797. The largest absolute Gasteiger partial charge is 0.335 e. The molecular weight excluding hydrogens is 474 g/mol. The molecule has 0 aliphatic carbocycles. The van der Waals surface area contributed by atoms with Gasteiger partial charge in [-0.25, -0.2) is 8.78 Å². The highest BCUT2D eigenvalue weighted by atomic mass is 79.9. The van der Waals surface area contributed by atoms with Crippen molar-refractivity contribution < 1.29 is 18.4 Å². The molecule has 2 amide bonds. The number of amides is 2. The molecule has 1 saturated heterocycles. The highest BCUT2D eigenvalue weighted by Gasteiger charge is 2.28. The topological polar surface area (TPSA) is 40.6 Å². The summed E-state index contributed by atoms with van der Waals surface area (Å²) in [5.74, 6) is -2.03. The van der Waals surface area contributed by atoms with Crippen LogP contribution in [0.25, 0.3) is 0 Å². The minimum absolute atomic E-state index is 0.0165. The van der Waals surface area contributed by atoms with Crippen molar-refractivity contribution in [1.29, 1.82) is 0 Å². The van der Waals surface area contributed by atoms with E-state index in [-0.39, 0.29) is 37.3 Å². The van der Waals surface area contributed by atoms with Crippen LogP contribution in [0.1, 0.15) is 20.7 Å². The lowest BCUT2D eigenvalue weighted by Gasteiger charge is -2.35. The van der Waals surface area contributed by atoms with Crippen molar-refractivity contribution in [2.45, 2.75) is 0 Å². The van der Waals surface area contributed by atoms with Gasteiger partial charge >= 0.3 is 0 Å². The predicted molar refractivity (Wildman–Crippen MR) is 100 cm³/mol. The lowest BCUT2D eigenvalue weighted by molar-refractivity contribution is 0.0530. The zero-order chi connectivity index (χ0) is 18.8. The molecule has 0 atom stereocenters. The van der Waals surface area contributed by atoms with Crippen LogP contribution in [0, 0.1) is 11.6 Å². The first-order chi connectivity index (χ1) is 12.4. The first-order valence-electron chi connectivity index (χ1n) is 7.85. The molecule has 26 heavy (non-hydrogen) atoms. The lowest BCUT2D eigenvalue weighted by Crippen LogP contribution is -2.50. The number of carbonyl (C=O) groups is 2.